The fourth-order valence-electron chi connectivity index (χ4n) is 3.14. The highest BCUT2D eigenvalue weighted by molar-refractivity contribution is 6.31. The Morgan fingerprint density at radius 1 is 0.938 bits per heavy atom. The van der Waals surface area contributed by atoms with Crippen molar-refractivity contribution in [2.75, 3.05) is 12.4 Å². The first-order chi connectivity index (χ1) is 15.4. The molecular weight excluding hydrogens is 428 g/mol. The van der Waals surface area contributed by atoms with E-state index in [-0.39, 0.29) is 18.2 Å². The van der Waals surface area contributed by atoms with Gasteiger partial charge in [0.05, 0.1) is 19.6 Å². The molecule has 1 atom stereocenters. The average Bonchev–Trinajstić information content (AvgIpc) is 2.79. The lowest BCUT2D eigenvalue weighted by atomic mass is 10.0. The molecule has 0 fully saturated rings. The molecule has 3 rings (SSSR count). The van der Waals surface area contributed by atoms with Crippen LogP contribution in [0, 0.1) is 0 Å². The normalized spacial score (nSPS) is 11.3. The maximum atomic E-state index is 12.6. The predicted octanol–water partition coefficient (Wildman–Crippen LogP) is 5.13. The number of benzene rings is 3. The van der Waals surface area contributed by atoms with E-state index in [1.165, 1.54) is 6.92 Å². The van der Waals surface area contributed by atoms with Crippen LogP contribution in [0.1, 0.15) is 30.5 Å². The van der Waals surface area contributed by atoms with Crippen LogP contribution >= 0.6 is 11.6 Å². The quantitative estimate of drug-likeness (QED) is 0.471. The Morgan fingerprint density at radius 2 is 1.59 bits per heavy atom. The summed E-state index contributed by atoms with van der Waals surface area (Å²) in [5, 5.41) is 6.34. The molecule has 32 heavy (non-hydrogen) atoms. The zero-order chi connectivity index (χ0) is 22.9. The lowest BCUT2D eigenvalue weighted by Crippen LogP contribution is -2.29. The van der Waals surface area contributed by atoms with Crippen molar-refractivity contribution in [1.29, 1.82) is 0 Å². The number of rotatable bonds is 9. The zero-order valence-electron chi connectivity index (χ0n) is 17.9. The standard InChI is InChI=1S/C25H25ClN2O4/c1-17(29)27-24(18-7-11-21(31-2)12-8-18)15-25(30)28-20-9-13-22(14-10-20)32-16-19-5-3-4-6-23(19)26/h3-14,24H,15-16H2,1-2H3,(H,27,29)(H,28,30). The van der Waals surface area contributed by atoms with Crippen LogP contribution in [0.4, 0.5) is 5.69 Å². The molecule has 0 aliphatic heterocycles. The minimum atomic E-state index is -0.448. The molecule has 2 amide bonds. The van der Waals surface area contributed by atoms with E-state index in [4.69, 9.17) is 21.1 Å². The first-order valence-corrected chi connectivity index (χ1v) is 10.5. The summed E-state index contributed by atoms with van der Waals surface area (Å²) in [7, 11) is 1.58. The number of nitrogens with one attached hydrogen (secondary N) is 2. The van der Waals surface area contributed by atoms with Crippen LogP contribution in [-0.2, 0) is 16.2 Å². The highest BCUT2D eigenvalue weighted by atomic mass is 35.5. The summed E-state index contributed by atoms with van der Waals surface area (Å²) in [6.07, 6.45) is 0.0939. The molecular formula is C25H25ClN2O4. The smallest absolute Gasteiger partial charge is 0.226 e. The maximum absolute atomic E-state index is 12.6. The summed E-state index contributed by atoms with van der Waals surface area (Å²) < 4.78 is 10.9. The van der Waals surface area contributed by atoms with Crippen LogP contribution in [0.3, 0.4) is 0 Å². The summed E-state index contributed by atoms with van der Waals surface area (Å²) >= 11 is 6.15. The molecule has 6 nitrogen and oxygen atoms in total. The fraction of sp³-hybridized carbons (Fsp3) is 0.200. The van der Waals surface area contributed by atoms with E-state index in [2.05, 4.69) is 10.6 Å². The van der Waals surface area contributed by atoms with Gasteiger partial charge in [0.1, 0.15) is 18.1 Å². The van der Waals surface area contributed by atoms with Gasteiger partial charge in [-0.1, -0.05) is 41.9 Å². The van der Waals surface area contributed by atoms with E-state index in [1.54, 1.807) is 43.5 Å². The third kappa shape index (κ3) is 6.75. The molecule has 0 bridgehead atoms. The third-order valence-electron chi connectivity index (χ3n) is 4.78. The Labute approximate surface area is 192 Å². The number of carbonyl (C=O) groups is 2. The van der Waals surface area contributed by atoms with Crippen molar-refractivity contribution in [2.24, 2.45) is 0 Å². The largest absolute Gasteiger partial charge is 0.497 e. The van der Waals surface area contributed by atoms with Gasteiger partial charge in [-0.3, -0.25) is 9.59 Å². The molecule has 166 valence electrons. The predicted molar refractivity (Wildman–Crippen MR) is 125 cm³/mol. The van der Waals surface area contributed by atoms with Gasteiger partial charge in [0, 0.05) is 23.2 Å². The number of halogens is 1. The minimum absolute atomic E-state index is 0.0939. The van der Waals surface area contributed by atoms with Gasteiger partial charge in [-0.15, -0.1) is 0 Å². The summed E-state index contributed by atoms with van der Waals surface area (Å²) in [4.78, 5) is 24.2. The number of hydrogen-bond donors (Lipinski definition) is 2. The molecule has 0 heterocycles. The number of hydrogen-bond acceptors (Lipinski definition) is 4. The molecule has 1 unspecified atom stereocenters. The van der Waals surface area contributed by atoms with Crippen molar-refractivity contribution in [3.63, 3.8) is 0 Å². The van der Waals surface area contributed by atoms with Gasteiger partial charge >= 0.3 is 0 Å². The Morgan fingerprint density at radius 3 is 2.22 bits per heavy atom. The van der Waals surface area contributed by atoms with E-state index in [9.17, 15) is 9.59 Å². The van der Waals surface area contributed by atoms with E-state index in [1.807, 2.05) is 36.4 Å². The third-order valence-corrected chi connectivity index (χ3v) is 5.14. The highest BCUT2D eigenvalue weighted by Gasteiger charge is 2.17. The maximum Gasteiger partial charge on any atom is 0.226 e. The molecule has 7 heteroatoms. The molecule has 3 aromatic rings. The van der Waals surface area contributed by atoms with Gasteiger partial charge in [-0.05, 0) is 48.0 Å². The second kappa shape index (κ2) is 11.2. The van der Waals surface area contributed by atoms with Crippen LogP contribution in [0.5, 0.6) is 11.5 Å². The van der Waals surface area contributed by atoms with Crippen LogP contribution in [0.15, 0.2) is 72.8 Å². The SMILES string of the molecule is COc1ccc(C(CC(=O)Nc2ccc(OCc3ccccc3Cl)cc2)NC(C)=O)cc1. The van der Waals surface area contributed by atoms with Gasteiger partial charge in [0.25, 0.3) is 0 Å². The van der Waals surface area contributed by atoms with E-state index in [0.717, 1.165) is 11.1 Å². The summed E-state index contributed by atoms with van der Waals surface area (Å²) in [5.41, 5.74) is 2.35. The minimum Gasteiger partial charge on any atom is -0.497 e. The monoisotopic (exact) mass is 452 g/mol. The molecule has 0 saturated carbocycles. The van der Waals surface area contributed by atoms with Gasteiger partial charge < -0.3 is 20.1 Å². The molecule has 2 N–H and O–H groups in total. The van der Waals surface area contributed by atoms with Crippen molar-refractivity contribution < 1.29 is 19.1 Å². The Bertz CT molecular complexity index is 1050. The number of amides is 2. The number of ether oxygens (including phenoxy) is 2. The van der Waals surface area contributed by atoms with Crippen molar-refractivity contribution in [3.05, 3.63) is 88.9 Å². The van der Waals surface area contributed by atoms with Crippen molar-refractivity contribution in [3.8, 4) is 11.5 Å². The topological polar surface area (TPSA) is 76.7 Å². The van der Waals surface area contributed by atoms with Gasteiger partial charge in [-0.25, -0.2) is 0 Å². The van der Waals surface area contributed by atoms with Gasteiger partial charge in [-0.2, -0.15) is 0 Å². The number of anilines is 1. The van der Waals surface area contributed by atoms with Crippen LogP contribution in [-0.4, -0.2) is 18.9 Å². The Balaban J connectivity index is 1.58. The lowest BCUT2D eigenvalue weighted by molar-refractivity contribution is -0.120. The highest BCUT2D eigenvalue weighted by Crippen LogP contribution is 2.23. The molecule has 0 aliphatic carbocycles. The molecule has 3 aromatic carbocycles. The molecule has 0 aromatic heterocycles. The summed E-state index contributed by atoms with van der Waals surface area (Å²) in [6, 6.07) is 21.4. The molecule has 0 radical (unpaired) electrons. The van der Waals surface area contributed by atoms with Crippen LogP contribution in [0.25, 0.3) is 0 Å². The zero-order valence-corrected chi connectivity index (χ0v) is 18.7. The molecule has 0 aliphatic rings. The first kappa shape index (κ1) is 23.2. The Kier molecular flexibility index (Phi) is 8.11. The second-order valence-electron chi connectivity index (χ2n) is 7.18. The van der Waals surface area contributed by atoms with Gasteiger partial charge in [0.15, 0.2) is 0 Å². The van der Waals surface area contributed by atoms with E-state index >= 15 is 0 Å². The first-order valence-electron chi connectivity index (χ1n) is 10.1. The van der Waals surface area contributed by atoms with Crippen molar-refractivity contribution in [2.45, 2.75) is 26.0 Å². The van der Waals surface area contributed by atoms with Gasteiger partial charge in [0.2, 0.25) is 11.8 Å². The van der Waals surface area contributed by atoms with Crippen molar-refractivity contribution in [1.82, 2.24) is 5.32 Å². The van der Waals surface area contributed by atoms with E-state index in [0.29, 0.717) is 28.8 Å². The summed E-state index contributed by atoms with van der Waals surface area (Å²) in [6.45, 7) is 1.78. The fourth-order valence-corrected chi connectivity index (χ4v) is 3.33. The molecule has 0 saturated heterocycles. The van der Waals surface area contributed by atoms with Crippen LogP contribution < -0.4 is 20.1 Å². The number of methoxy groups -OCH3 is 1. The molecule has 0 spiro atoms. The average molecular weight is 453 g/mol. The van der Waals surface area contributed by atoms with Crippen LogP contribution in [0.2, 0.25) is 5.02 Å². The Hall–Kier alpha value is -3.51. The second-order valence-corrected chi connectivity index (χ2v) is 7.59. The number of carbonyl (C=O) groups excluding carboxylic acids is 2. The van der Waals surface area contributed by atoms with Crippen molar-refractivity contribution >= 4 is 29.1 Å². The summed E-state index contributed by atoms with van der Waals surface area (Å²) in [5.74, 6) is 0.942. The lowest BCUT2D eigenvalue weighted by Gasteiger charge is -2.18. The van der Waals surface area contributed by atoms with E-state index < -0.39 is 6.04 Å².